The van der Waals surface area contributed by atoms with Crippen LogP contribution in [-0.4, -0.2) is 43.4 Å². The minimum absolute atomic E-state index is 0.117. The lowest BCUT2D eigenvalue weighted by atomic mass is 10.1. The molecule has 138 valence electrons. The highest BCUT2D eigenvalue weighted by Gasteiger charge is 2.26. The molecule has 0 atom stereocenters. The summed E-state index contributed by atoms with van der Waals surface area (Å²) in [7, 11) is 0. The molecule has 9 heteroatoms. The quantitative estimate of drug-likeness (QED) is 0.549. The first kappa shape index (κ1) is 17.0. The van der Waals surface area contributed by atoms with E-state index in [-0.39, 0.29) is 17.2 Å². The number of rotatable bonds is 5. The van der Waals surface area contributed by atoms with Crippen molar-refractivity contribution >= 4 is 22.9 Å². The molecule has 1 aliphatic heterocycles. The van der Waals surface area contributed by atoms with Crippen LogP contribution >= 0.6 is 0 Å². The summed E-state index contributed by atoms with van der Waals surface area (Å²) < 4.78 is 1.72. The molecular formula is C18H18N6O3. The van der Waals surface area contributed by atoms with Gasteiger partial charge in [-0.2, -0.15) is 5.10 Å². The predicted octanol–water partition coefficient (Wildman–Crippen LogP) is 2.49. The van der Waals surface area contributed by atoms with Crippen LogP contribution in [0.3, 0.4) is 0 Å². The minimum Gasteiger partial charge on any atom is -0.379 e. The average molecular weight is 366 g/mol. The lowest BCUT2D eigenvalue weighted by Gasteiger charge is -2.16. The summed E-state index contributed by atoms with van der Waals surface area (Å²) in [6.07, 6.45) is 5.23. The molecule has 9 nitrogen and oxygen atoms in total. The third kappa shape index (κ3) is 3.31. The number of amides is 1. The number of nitrogens with one attached hydrogen (secondary N) is 1. The molecule has 0 unspecified atom stereocenters. The number of carbonyl (C=O) groups excluding carboxylic acids is 1. The monoisotopic (exact) mass is 366 g/mol. The van der Waals surface area contributed by atoms with Crippen LogP contribution in [0.25, 0.3) is 5.65 Å². The van der Waals surface area contributed by atoms with E-state index in [1.54, 1.807) is 33.9 Å². The lowest BCUT2D eigenvalue weighted by Crippen LogP contribution is -2.28. The molecule has 3 aromatic rings. The van der Waals surface area contributed by atoms with Gasteiger partial charge in [0.25, 0.3) is 11.6 Å². The third-order valence-electron chi connectivity index (χ3n) is 4.66. The van der Waals surface area contributed by atoms with Crippen LogP contribution in [0.15, 0.2) is 42.7 Å². The maximum absolute atomic E-state index is 12.7. The first-order valence-corrected chi connectivity index (χ1v) is 8.73. The van der Waals surface area contributed by atoms with Crippen molar-refractivity contribution in [3.63, 3.8) is 0 Å². The molecule has 0 radical (unpaired) electrons. The van der Waals surface area contributed by atoms with Gasteiger partial charge in [-0.25, -0.2) is 9.50 Å². The molecule has 1 amide bonds. The van der Waals surface area contributed by atoms with Crippen molar-refractivity contribution in [1.29, 1.82) is 0 Å². The second-order valence-corrected chi connectivity index (χ2v) is 6.38. The van der Waals surface area contributed by atoms with Crippen LogP contribution in [0.1, 0.15) is 28.9 Å². The number of carbonyl (C=O) groups is 1. The highest BCUT2D eigenvalue weighted by molar-refractivity contribution is 5.99. The van der Waals surface area contributed by atoms with Crippen LogP contribution in [0.4, 0.5) is 11.4 Å². The summed E-state index contributed by atoms with van der Waals surface area (Å²) in [5, 5.41) is 18.8. The van der Waals surface area contributed by atoms with Crippen LogP contribution in [0.2, 0.25) is 0 Å². The minimum atomic E-state index is -0.511. The van der Waals surface area contributed by atoms with E-state index in [1.807, 2.05) is 12.1 Å². The van der Waals surface area contributed by atoms with E-state index < -0.39 is 4.92 Å². The van der Waals surface area contributed by atoms with E-state index in [1.165, 1.54) is 6.07 Å². The Morgan fingerprint density at radius 3 is 2.78 bits per heavy atom. The Labute approximate surface area is 154 Å². The largest absolute Gasteiger partial charge is 0.379 e. The molecule has 3 heterocycles. The molecule has 0 saturated carbocycles. The Morgan fingerprint density at radius 1 is 1.19 bits per heavy atom. The van der Waals surface area contributed by atoms with Gasteiger partial charge >= 0.3 is 0 Å². The lowest BCUT2D eigenvalue weighted by molar-refractivity contribution is -0.385. The van der Waals surface area contributed by atoms with Crippen molar-refractivity contribution in [3.8, 4) is 0 Å². The highest BCUT2D eigenvalue weighted by atomic mass is 16.6. The van der Waals surface area contributed by atoms with Crippen molar-refractivity contribution in [2.75, 3.05) is 18.4 Å². The highest BCUT2D eigenvalue weighted by Crippen LogP contribution is 2.26. The van der Waals surface area contributed by atoms with E-state index >= 15 is 0 Å². The molecule has 1 aliphatic rings. The van der Waals surface area contributed by atoms with Gasteiger partial charge in [-0.15, -0.1) is 0 Å². The van der Waals surface area contributed by atoms with E-state index in [2.05, 4.69) is 15.4 Å². The summed E-state index contributed by atoms with van der Waals surface area (Å²) >= 11 is 0. The smallest absolute Gasteiger partial charge is 0.282 e. The van der Waals surface area contributed by atoms with Crippen LogP contribution < -0.4 is 5.32 Å². The van der Waals surface area contributed by atoms with Gasteiger partial charge in [-0.05, 0) is 31.0 Å². The summed E-state index contributed by atoms with van der Waals surface area (Å²) in [6, 6.07) is 8.19. The van der Waals surface area contributed by atoms with E-state index in [0.717, 1.165) is 24.2 Å². The molecule has 0 bridgehead atoms. The Morgan fingerprint density at radius 2 is 2.00 bits per heavy atom. The number of likely N-dealkylation sites (tertiary alicyclic amines) is 1. The number of anilines is 1. The number of nitro benzene ring substituents is 1. The summed E-state index contributed by atoms with van der Waals surface area (Å²) in [4.78, 5) is 29.4. The van der Waals surface area contributed by atoms with Gasteiger partial charge < -0.3 is 10.2 Å². The molecule has 0 aliphatic carbocycles. The van der Waals surface area contributed by atoms with Crippen molar-refractivity contribution in [1.82, 2.24) is 19.5 Å². The van der Waals surface area contributed by atoms with Gasteiger partial charge in [0.05, 0.1) is 23.4 Å². The fraction of sp³-hybridized carbons (Fsp3) is 0.278. The molecule has 0 spiro atoms. The summed E-state index contributed by atoms with van der Waals surface area (Å²) in [6.45, 7) is 1.72. The van der Waals surface area contributed by atoms with Crippen LogP contribution in [-0.2, 0) is 6.54 Å². The third-order valence-corrected chi connectivity index (χ3v) is 4.66. The van der Waals surface area contributed by atoms with Gasteiger partial charge in [0.1, 0.15) is 5.56 Å². The average Bonchev–Trinajstić information content (AvgIpc) is 3.37. The second kappa shape index (κ2) is 7.02. The van der Waals surface area contributed by atoms with E-state index in [0.29, 0.717) is 25.3 Å². The number of benzene rings is 1. The Kier molecular flexibility index (Phi) is 4.41. The maximum Gasteiger partial charge on any atom is 0.282 e. The number of hydrogen-bond donors (Lipinski definition) is 1. The van der Waals surface area contributed by atoms with Crippen LogP contribution in [0, 0.1) is 10.1 Å². The molecule has 2 aromatic heterocycles. The van der Waals surface area contributed by atoms with E-state index in [9.17, 15) is 14.9 Å². The predicted molar refractivity (Wildman–Crippen MR) is 98.5 cm³/mol. The standard InChI is InChI=1S/C18H18N6O3/c25-18(22-9-1-2-10-22)15-11-13(3-4-16(15)24(26)27)20-12-14-5-7-19-17-6-8-21-23(14)17/h3-8,11,20H,1-2,9-10,12H2. The first-order valence-electron chi connectivity index (χ1n) is 8.73. The Balaban J connectivity index is 1.59. The van der Waals surface area contributed by atoms with Gasteiger partial charge in [-0.1, -0.05) is 0 Å². The van der Waals surface area contributed by atoms with Crippen molar-refractivity contribution in [3.05, 3.63) is 64.1 Å². The zero-order valence-corrected chi connectivity index (χ0v) is 14.5. The Hall–Kier alpha value is -3.49. The number of nitro groups is 1. The van der Waals surface area contributed by atoms with Gasteiger partial charge in [0.15, 0.2) is 5.65 Å². The fourth-order valence-electron chi connectivity index (χ4n) is 3.28. The van der Waals surface area contributed by atoms with Gasteiger partial charge in [-0.3, -0.25) is 14.9 Å². The molecule has 1 fully saturated rings. The fourth-order valence-corrected chi connectivity index (χ4v) is 3.28. The van der Waals surface area contributed by atoms with Crippen LogP contribution in [0.5, 0.6) is 0 Å². The Bertz CT molecular complexity index is 1010. The molecular weight excluding hydrogens is 348 g/mol. The number of nitrogens with zero attached hydrogens (tertiary/aromatic N) is 5. The molecule has 1 N–H and O–H groups in total. The first-order chi connectivity index (χ1) is 13.1. The zero-order chi connectivity index (χ0) is 18.8. The molecule has 1 saturated heterocycles. The molecule has 1 aromatic carbocycles. The number of hydrogen-bond acceptors (Lipinski definition) is 6. The summed E-state index contributed by atoms with van der Waals surface area (Å²) in [5.41, 5.74) is 2.21. The zero-order valence-electron chi connectivity index (χ0n) is 14.5. The maximum atomic E-state index is 12.7. The summed E-state index contributed by atoms with van der Waals surface area (Å²) in [5.74, 6) is -0.291. The van der Waals surface area contributed by atoms with Gasteiger partial charge in [0.2, 0.25) is 0 Å². The molecule has 4 rings (SSSR count). The number of fused-ring (bicyclic) bond motifs is 1. The number of aromatic nitrogens is 3. The topological polar surface area (TPSA) is 106 Å². The normalized spacial score (nSPS) is 13.9. The second-order valence-electron chi connectivity index (χ2n) is 6.38. The van der Waals surface area contributed by atoms with Crippen molar-refractivity contribution < 1.29 is 9.72 Å². The van der Waals surface area contributed by atoms with E-state index in [4.69, 9.17) is 0 Å². The van der Waals surface area contributed by atoms with Crippen molar-refractivity contribution in [2.24, 2.45) is 0 Å². The SMILES string of the molecule is O=C(c1cc(NCc2ccnc3ccnn23)ccc1[N+](=O)[O-])N1CCCC1. The van der Waals surface area contributed by atoms with Crippen molar-refractivity contribution in [2.45, 2.75) is 19.4 Å². The molecule has 27 heavy (non-hydrogen) atoms. The van der Waals surface area contributed by atoms with Gasteiger partial charge in [0, 0.05) is 37.1 Å².